The van der Waals surface area contributed by atoms with E-state index in [0.29, 0.717) is 0 Å². The van der Waals surface area contributed by atoms with E-state index in [1.165, 1.54) is 9.99 Å². The van der Waals surface area contributed by atoms with Crippen LogP contribution in [0.2, 0.25) is 0 Å². The summed E-state index contributed by atoms with van der Waals surface area (Å²) in [6.45, 7) is 0.828. The highest BCUT2D eigenvalue weighted by molar-refractivity contribution is 14.1. The van der Waals surface area contributed by atoms with Crippen LogP contribution in [-0.4, -0.2) is 12.9 Å². The van der Waals surface area contributed by atoms with E-state index < -0.39 is 0 Å². The van der Waals surface area contributed by atoms with Gasteiger partial charge < -0.3 is 9.47 Å². The van der Waals surface area contributed by atoms with Gasteiger partial charge in [-0.3, -0.25) is 0 Å². The van der Waals surface area contributed by atoms with Gasteiger partial charge in [0.15, 0.2) is 6.29 Å². The molecule has 1 aliphatic rings. The fraction of sp³-hybridized carbons (Fsp3) is 0.455. The fourth-order valence-electron chi connectivity index (χ4n) is 1.50. The minimum absolute atomic E-state index is 0.0399. The molecule has 0 N–H and O–H groups in total. The summed E-state index contributed by atoms with van der Waals surface area (Å²) >= 11 is 2.28. The Morgan fingerprint density at radius 2 is 2.29 bits per heavy atom. The topological polar surface area (TPSA) is 18.5 Å². The second kappa shape index (κ2) is 4.98. The van der Waals surface area contributed by atoms with Crippen molar-refractivity contribution in [2.45, 2.75) is 25.6 Å². The predicted molar refractivity (Wildman–Crippen MR) is 63.4 cm³/mol. The fourth-order valence-corrected chi connectivity index (χ4v) is 2.01. The largest absolute Gasteiger partial charge is 0.465 e. The summed E-state index contributed by atoms with van der Waals surface area (Å²) in [4.78, 5) is 0. The van der Waals surface area contributed by atoms with Crippen molar-refractivity contribution >= 4 is 22.6 Å². The van der Waals surface area contributed by atoms with Crippen molar-refractivity contribution < 1.29 is 9.47 Å². The Labute approximate surface area is 97.7 Å². The van der Waals surface area contributed by atoms with Crippen LogP contribution in [0.25, 0.3) is 0 Å². The highest BCUT2D eigenvalue weighted by atomic mass is 127. The number of hydrogen-bond acceptors (Lipinski definition) is 2. The van der Waals surface area contributed by atoms with Gasteiger partial charge in [-0.15, -0.1) is 0 Å². The molecule has 1 fully saturated rings. The maximum atomic E-state index is 5.71. The number of rotatable bonds is 2. The van der Waals surface area contributed by atoms with E-state index in [0.717, 1.165) is 25.2 Å². The second-order valence-corrected chi connectivity index (χ2v) is 4.62. The second-order valence-electron chi connectivity index (χ2n) is 3.37. The number of halogens is 1. The lowest BCUT2D eigenvalue weighted by Crippen LogP contribution is -2.24. The molecule has 0 saturated carbocycles. The molecule has 1 atom stereocenters. The SMILES string of the molecule is Ic1cccc(OC2CCCCO2)c1. The van der Waals surface area contributed by atoms with Gasteiger partial charge in [0.2, 0.25) is 0 Å². The van der Waals surface area contributed by atoms with Crippen LogP contribution in [0, 0.1) is 3.57 Å². The first kappa shape index (κ1) is 10.2. The van der Waals surface area contributed by atoms with E-state index in [1.54, 1.807) is 0 Å². The minimum Gasteiger partial charge on any atom is -0.465 e. The third-order valence-corrected chi connectivity index (χ3v) is 2.87. The molecule has 2 nitrogen and oxygen atoms in total. The molecule has 0 bridgehead atoms. The molecule has 1 heterocycles. The maximum absolute atomic E-state index is 5.71. The van der Waals surface area contributed by atoms with Crippen molar-refractivity contribution in [3.63, 3.8) is 0 Å². The third kappa shape index (κ3) is 2.85. The van der Waals surface area contributed by atoms with Crippen LogP contribution < -0.4 is 4.74 Å². The van der Waals surface area contributed by atoms with Crippen LogP contribution in [0.4, 0.5) is 0 Å². The molecular formula is C11H13IO2. The van der Waals surface area contributed by atoms with E-state index in [1.807, 2.05) is 18.2 Å². The zero-order valence-electron chi connectivity index (χ0n) is 7.91. The van der Waals surface area contributed by atoms with Crippen LogP contribution in [0.5, 0.6) is 5.75 Å². The summed E-state index contributed by atoms with van der Waals surface area (Å²) in [6.07, 6.45) is 3.33. The monoisotopic (exact) mass is 304 g/mol. The zero-order chi connectivity index (χ0) is 9.80. The van der Waals surface area contributed by atoms with E-state index in [2.05, 4.69) is 28.7 Å². The van der Waals surface area contributed by atoms with Crippen LogP contribution in [0.3, 0.4) is 0 Å². The van der Waals surface area contributed by atoms with Crippen LogP contribution in [0.1, 0.15) is 19.3 Å². The quantitative estimate of drug-likeness (QED) is 0.781. The molecule has 14 heavy (non-hydrogen) atoms. The summed E-state index contributed by atoms with van der Waals surface area (Å²) in [6, 6.07) is 8.05. The van der Waals surface area contributed by atoms with Gasteiger partial charge in [0, 0.05) is 9.99 Å². The van der Waals surface area contributed by atoms with Crippen LogP contribution >= 0.6 is 22.6 Å². The van der Waals surface area contributed by atoms with E-state index >= 15 is 0 Å². The van der Waals surface area contributed by atoms with Gasteiger partial charge in [-0.05, 0) is 53.6 Å². The molecule has 0 radical (unpaired) electrons. The molecule has 0 aliphatic carbocycles. The lowest BCUT2D eigenvalue weighted by molar-refractivity contribution is -0.105. The van der Waals surface area contributed by atoms with Crippen molar-refractivity contribution in [2.24, 2.45) is 0 Å². The molecule has 3 heteroatoms. The Balaban J connectivity index is 1.95. The Bertz CT molecular complexity index is 295. The molecule has 2 rings (SSSR count). The predicted octanol–water partition coefficient (Wildman–Crippen LogP) is 3.20. The van der Waals surface area contributed by atoms with Crippen LogP contribution in [0.15, 0.2) is 24.3 Å². The summed E-state index contributed by atoms with van der Waals surface area (Å²) in [7, 11) is 0. The first-order valence-corrected chi connectivity index (χ1v) is 5.96. The normalized spacial score (nSPS) is 21.9. The molecular weight excluding hydrogens is 291 g/mol. The van der Waals surface area contributed by atoms with Gasteiger partial charge in [-0.1, -0.05) is 6.07 Å². The molecule has 0 aromatic heterocycles. The number of benzene rings is 1. The van der Waals surface area contributed by atoms with E-state index in [-0.39, 0.29) is 6.29 Å². The average Bonchev–Trinajstić information content (AvgIpc) is 2.19. The average molecular weight is 304 g/mol. The minimum atomic E-state index is -0.0399. The van der Waals surface area contributed by atoms with Crippen molar-refractivity contribution in [2.75, 3.05) is 6.61 Å². The summed E-state index contributed by atoms with van der Waals surface area (Å²) in [5.41, 5.74) is 0. The van der Waals surface area contributed by atoms with Crippen LogP contribution in [-0.2, 0) is 4.74 Å². The Kier molecular flexibility index (Phi) is 3.64. The number of hydrogen-bond donors (Lipinski definition) is 0. The Morgan fingerprint density at radius 1 is 1.36 bits per heavy atom. The van der Waals surface area contributed by atoms with Gasteiger partial charge in [0.05, 0.1) is 6.61 Å². The van der Waals surface area contributed by atoms with E-state index in [9.17, 15) is 0 Å². The molecule has 1 unspecified atom stereocenters. The van der Waals surface area contributed by atoms with Gasteiger partial charge in [0.25, 0.3) is 0 Å². The smallest absolute Gasteiger partial charge is 0.199 e. The molecule has 1 aromatic carbocycles. The third-order valence-electron chi connectivity index (χ3n) is 2.20. The summed E-state index contributed by atoms with van der Waals surface area (Å²) < 4.78 is 12.4. The Morgan fingerprint density at radius 3 is 3.00 bits per heavy atom. The molecule has 0 spiro atoms. The molecule has 1 aromatic rings. The first-order chi connectivity index (χ1) is 6.84. The molecule has 0 amide bonds. The van der Waals surface area contributed by atoms with Gasteiger partial charge >= 0.3 is 0 Å². The van der Waals surface area contributed by atoms with Crippen molar-refractivity contribution in [3.05, 3.63) is 27.8 Å². The molecule has 1 saturated heterocycles. The maximum Gasteiger partial charge on any atom is 0.199 e. The van der Waals surface area contributed by atoms with Gasteiger partial charge in [-0.2, -0.15) is 0 Å². The Hall–Kier alpha value is -0.290. The highest BCUT2D eigenvalue weighted by Gasteiger charge is 2.14. The zero-order valence-corrected chi connectivity index (χ0v) is 10.1. The summed E-state index contributed by atoms with van der Waals surface area (Å²) in [5.74, 6) is 0.906. The highest BCUT2D eigenvalue weighted by Crippen LogP contribution is 2.20. The van der Waals surface area contributed by atoms with E-state index in [4.69, 9.17) is 9.47 Å². The lowest BCUT2D eigenvalue weighted by Gasteiger charge is -2.23. The molecule has 1 aliphatic heterocycles. The van der Waals surface area contributed by atoms with Gasteiger partial charge in [-0.25, -0.2) is 0 Å². The van der Waals surface area contributed by atoms with Crippen molar-refractivity contribution in [3.8, 4) is 5.75 Å². The summed E-state index contributed by atoms with van der Waals surface area (Å²) in [5, 5.41) is 0. The standard InChI is InChI=1S/C11H13IO2/c12-9-4-3-5-10(8-9)14-11-6-1-2-7-13-11/h3-5,8,11H,1-2,6-7H2. The lowest BCUT2D eigenvalue weighted by atomic mass is 10.2. The number of ether oxygens (including phenoxy) is 2. The van der Waals surface area contributed by atoms with Crippen molar-refractivity contribution in [1.82, 2.24) is 0 Å². The first-order valence-electron chi connectivity index (χ1n) is 4.88. The molecule has 76 valence electrons. The van der Waals surface area contributed by atoms with Gasteiger partial charge in [0.1, 0.15) is 5.75 Å². The van der Waals surface area contributed by atoms with Crippen molar-refractivity contribution in [1.29, 1.82) is 0 Å².